The predicted molar refractivity (Wildman–Crippen MR) is 105 cm³/mol. The number of nitrogens with zero attached hydrogens (tertiary/aromatic N) is 1. The Hall–Kier alpha value is -3.73. The lowest BCUT2D eigenvalue weighted by Crippen LogP contribution is -2.07. The molecule has 2 aromatic carbocycles. The molecule has 0 saturated carbocycles. The van der Waals surface area contributed by atoms with E-state index in [1.807, 2.05) is 24.5 Å². The molecule has 0 bridgehead atoms. The van der Waals surface area contributed by atoms with Crippen LogP contribution in [0.4, 0.5) is 0 Å². The quantitative estimate of drug-likeness (QED) is 0.551. The van der Waals surface area contributed by atoms with E-state index in [9.17, 15) is 19.5 Å². The molecule has 5 heteroatoms. The van der Waals surface area contributed by atoms with Crippen LogP contribution >= 0.6 is 0 Å². The van der Waals surface area contributed by atoms with Crippen LogP contribution in [0.5, 0.6) is 0 Å². The molecule has 0 spiro atoms. The summed E-state index contributed by atoms with van der Waals surface area (Å²) in [5, 5.41) is 9.50. The number of aromatic nitrogens is 1. The number of hydrogen-bond donors (Lipinski definition) is 1. The molecule has 0 amide bonds. The molecule has 0 aliphatic heterocycles. The number of carbonyl (C=O) groups is 3. The Balaban J connectivity index is 1.85. The number of ketones is 2. The molecule has 0 saturated heterocycles. The summed E-state index contributed by atoms with van der Waals surface area (Å²) < 4.78 is 1.83. The molecule has 5 nitrogen and oxygen atoms in total. The van der Waals surface area contributed by atoms with Gasteiger partial charge in [0.2, 0.25) is 0 Å². The number of Topliss-reactive ketones (excluding diaryl/α,β-unsaturated/α-hetero) is 2. The normalized spacial score (nSPS) is 13.0. The number of hydrogen-bond acceptors (Lipinski definition) is 3. The molecule has 4 rings (SSSR count). The van der Waals surface area contributed by atoms with Gasteiger partial charge in [0.25, 0.3) is 0 Å². The molecule has 1 heterocycles. The van der Waals surface area contributed by atoms with Crippen LogP contribution in [0.3, 0.4) is 0 Å². The minimum atomic E-state index is -1.01. The summed E-state index contributed by atoms with van der Waals surface area (Å²) in [6.45, 7) is 3.70. The van der Waals surface area contributed by atoms with E-state index in [-0.39, 0.29) is 22.7 Å². The smallest absolute Gasteiger partial charge is 0.337 e. The fraction of sp³-hybridized carbons (Fsp3) is 0.0870. The van der Waals surface area contributed by atoms with Crippen molar-refractivity contribution in [2.75, 3.05) is 0 Å². The van der Waals surface area contributed by atoms with Gasteiger partial charge >= 0.3 is 5.97 Å². The van der Waals surface area contributed by atoms with E-state index in [0.717, 1.165) is 11.4 Å². The Morgan fingerprint density at radius 3 is 2.11 bits per heavy atom. The van der Waals surface area contributed by atoms with E-state index in [1.54, 1.807) is 54.6 Å². The van der Waals surface area contributed by atoms with E-state index in [1.165, 1.54) is 0 Å². The Kier molecular flexibility index (Phi) is 4.08. The average molecular weight is 371 g/mol. The second-order valence-corrected chi connectivity index (χ2v) is 6.75. The number of para-hydroxylation sites is 1. The topological polar surface area (TPSA) is 76.4 Å². The molecule has 0 radical (unpaired) electrons. The summed E-state index contributed by atoms with van der Waals surface area (Å²) in [5.41, 5.74) is 3.98. The number of benzene rings is 2. The number of carboxylic acid groups (broad SMARTS) is 1. The van der Waals surface area contributed by atoms with Crippen molar-refractivity contribution in [2.24, 2.45) is 0 Å². The highest BCUT2D eigenvalue weighted by Crippen LogP contribution is 2.30. The van der Waals surface area contributed by atoms with Crippen molar-refractivity contribution in [2.45, 2.75) is 13.8 Å². The third-order valence-corrected chi connectivity index (χ3v) is 5.05. The molecule has 1 aliphatic carbocycles. The average Bonchev–Trinajstić information content (AvgIpc) is 3.10. The third-order valence-electron chi connectivity index (χ3n) is 5.05. The van der Waals surface area contributed by atoms with Crippen LogP contribution in [0, 0.1) is 13.8 Å². The molecule has 0 unspecified atom stereocenters. The molecule has 1 aliphatic rings. The van der Waals surface area contributed by atoms with E-state index >= 15 is 0 Å². The summed E-state index contributed by atoms with van der Waals surface area (Å²) in [6, 6.07) is 15.4. The first-order valence-corrected chi connectivity index (χ1v) is 8.82. The summed E-state index contributed by atoms with van der Waals surface area (Å²) in [6.07, 6.45) is 1.60. The van der Waals surface area contributed by atoms with E-state index < -0.39 is 5.97 Å². The van der Waals surface area contributed by atoms with Gasteiger partial charge < -0.3 is 9.67 Å². The summed E-state index contributed by atoms with van der Waals surface area (Å²) in [7, 11) is 0. The molecule has 0 atom stereocenters. The summed E-state index contributed by atoms with van der Waals surface area (Å²) >= 11 is 0. The van der Waals surface area contributed by atoms with Crippen LogP contribution in [0.2, 0.25) is 0 Å². The number of rotatable bonds is 3. The largest absolute Gasteiger partial charge is 0.478 e. The van der Waals surface area contributed by atoms with Gasteiger partial charge in [0, 0.05) is 22.5 Å². The van der Waals surface area contributed by atoms with Crippen molar-refractivity contribution in [3.63, 3.8) is 0 Å². The fourth-order valence-electron chi connectivity index (χ4n) is 3.71. The van der Waals surface area contributed by atoms with Gasteiger partial charge in [0.1, 0.15) is 0 Å². The Morgan fingerprint density at radius 1 is 0.929 bits per heavy atom. The van der Waals surface area contributed by atoms with E-state index in [2.05, 4.69) is 0 Å². The van der Waals surface area contributed by atoms with Crippen molar-refractivity contribution < 1.29 is 19.5 Å². The SMILES string of the molecule is Cc1cc(C=C2C(=O)c3ccccc3C2=O)c(C)n1-c1ccccc1C(=O)O. The highest BCUT2D eigenvalue weighted by atomic mass is 16.4. The molecule has 0 fully saturated rings. The molecular formula is C23H17NO4. The molecule has 28 heavy (non-hydrogen) atoms. The Bertz CT molecular complexity index is 1160. The maximum atomic E-state index is 12.7. The van der Waals surface area contributed by atoms with Gasteiger partial charge in [-0.05, 0) is 43.7 Å². The van der Waals surface area contributed by atoms with E-state index in [0.29, 0.717) is 22.4 Å². The van der Waals surface area contributed by atoms with Crippen LogP contribution in [0.1, 0.15) is 48.0 Å². The van der Waals surface area contributed by atoms with Crippen molar-refractivity contribution in [3.8, 4) is 5.69 Å². The van der Waals surface area contributed by atoms with Crippen LogP contribution < -0.4 is 0 Å². The number of carboxylic acids is 1. The standard InChI is InChI=1S/C23H17NO4/c1-13-11-15(12-19-21(25)16-7-3-4-8-17(16)22(19)26)14(2)24(13)20-10-6-5-9-18(20)23(27)28/h3-12H,1-2H3,(H,27,28). The minimum Gasteiger partial charge on any atom is -0.478 e. The Labute approximate surface area is 161 Å². The van der Waals surface area contributed by atoms with Gasteiger partial charge in [-0.2, -0.15) is 0 Å². The molecule has 138 valence electrons. The second-order valence-electron chi connectivity index (χ2n) is 6.75. The first kappa shape index (κ1) is 17.7. The van der Waals surface area contributed by atoms with Crippen molar-refractivity contribution in [1.82, 2.24) is 4.57 Å². The maximum absolute atomic E-state index is 12.7. The molecular weight excluding hydrogens is 354 g/mol. The second kappa shape index (κ2) is 6.46. The fourth-order valence-corrected chi connectivity index (χ4v) is 3.71. The third kappa shape index (κ3) is 2.60. The highest BCUT2D eigenvalue weighted by molar-refractivity contribution is 6.41. The maximum Gasteiger partial charge on any atom is 0.337 e. The molecule has 3 aromatic rings. The van der Waals surface area contributed by atoms with Crippen LogP contribution in [0.25, 0.3) is 11.8 Å². The highest BCUT2D eigenvalue weighted by Gasteiger charge is 2.32. The number of aromatic carboxylic acids is 1. The van der Waals surface area contributed by atoms with Crippen molar-refractivity contribution >= 4 is 23.6 Å². The lowest BCUT2D eigenvalue weighted by Gasteiger charge is -2.12. The number of aryl methyl sites for hydroxylation is 1. The zero-order valence-electron chi connectivity index (χ0n) is 15.4. The van der Waals surface area contributed by atoms with Gasteiger partial charge in [-0.3, -0.25) is 9.59 Å². The zero-order chi connectivity index (χ0) is 20.0. The van der Waals surface area contributed by atoms with E-state index in [4.69, 9.17) is 0 Å². The first-order chi connectivity index (χ1) is 13.4. The van der Waals surface area contributed by atoms with Gasteiger partial charge in [-0.25, -0.2) is 4.79 Å². The summed E-state index contributed by atoms with van der Waals surface area (Å²) in [4.78, 5) is 36.9. The lowest BCUT2D eigenvalue weighted by atomic mass is 10.1. The van der Waals surface area contributed by atoms with Gasteiger partial charge in [-0.1, -0.05) is 36.4 Å². The number of carbonyl (C=O) groups excluding carboxylic acids is 2. The first-order valence-electron chi connectivity index (χ1n) is 8.82. The van der Waals surface area contributed by atoms with Crippen LogP contribution in [-0.4, -0.2) is 27.2 Å². The zero-order valence-corrected chi connectivity index (χ0v) is 15.4. The van der Waals surface area contributed by atoms with Crippen molar-refractivity contribution in [3.05, 3.63) is 93.8 Å². The van der Waals surface area contributed by atoms with Gasteiger partial charge in [0.05, 0.1) is 16.8 Å². The molecule has 1 aromatic heterocycles. The van der Waals surface area contributed by atoms with Gasteiger partial charge in [0.15, 0.2) is 11.6 Å². The number of fused-ring (bicyclic) bond motifs is 1. The van der Waals surface area contributed by atoms with Crippen molar-refractivity contribution in [1.29, 1.82) is 0 Å². The monoisotopic (exact) mass is 371 g/mol. The van der Waals surface area contributed by atoms with Crippen LogP contribution in [-0.2, 0) is 0 Å². The minimum absolute atomic E-state index is 0.132. The molecule has 1 N–H and O–H groups in total. The van der Waals surface area contributed by atoms with Gasteiger partial charge in [-0.15, -0.1) is 0 Å². The van der Waals surface area contributed by atoms with Crippen LogP contribution in [0.15, 0.2) is 60.2 Å². The predicted octanol–water partition coefficient (Wildman–Crippen LogP) is 4.25. The number of allylic oxidation sites excluding steroid dienone is 1. The summed E-state index contributed by atoms with van der Waals surface area (Å²) in [5.74, 6) is -1.58. The lowest BCUT2D eigenvalue weighted by molar-refractivity contribution is 0.0696. The Morgan fingerprint density at radius 2 is 1.50 bits per heavy atom.